The molecule has 2 N–H and O–H groups in total. The lowest BCUT2D eigenvalue weighted by molar-refractivity contribution is -0.139. The number of nitrogens with two attached hydrogens (primary N) is 1. The zero-order valence-electron chi connectivity index (χ0n) is 13.9. The van der Waals surface area contributed by atoms with Gasteiger partial charge in [-0.05, 0) is 19.4 Å². The number of nitriles is 1. The van der Waals surface area contributed by atoms with Crippen LogP contribution in [0.3, 0.4) is 0 Å². The standard InChI is InChI=1S/C18H18F2N2O3/c1-3-5-14-16(18(23)24-4-2)15(12(9-21)17(22)25-14)11-7-6-10(19)8-13(11)20/h6-8,15H,3-5,22H2,1-2H3. The van der Waals surface area contributed by atoms with Gasteiger partial charge in [-0.1, -0.05) is 13.0 Å². The van der Waals surface area contributed by atoms with Gasteiger partial charge in [0, 0.05) is 18.1 Å². The van der Waals surface area contributed by atoms with Gasteiger partial charge in [0.15, 0.2) is 0 Å². The van der Waals surface area contributed by atoms with Crippen LogP contribution in [0.25, 0.3) is 0 Å². The van der Waals surface area contributed by atoms with Crippen molar-refractivity contribution >= 4 is 5.97 Å². The predicted octanol–water partition coefficient (Wildman–Crippen LogP) is 3.39. The average Bonchev–Trinajstić information content (AvgIpc) is 2.55. The smallest absolute Gasteiger partial charge is 0.338 e. The van der Waals surface area contributed by atoms with Crippen molar-refractivity contribution in [3.63, 3.8) is 0 Å². The number of benzene rings is 1. The molecule has 0 amide bonds. The molecule has 132 valence electrons. The summed E-state index contributed by atoms with van der Waals surface area (Å²) in [6, 6.07) is 4.80. The number of carbonyl (C=O) groups is 1. The van der Waals surface area contributed by atoms with E-state index in [1.807, 2.05) is 13.0 Å². The minimum absolute atomic E-state index is 0.0139. The van der Waals surface area contributed by atoms with Gasteiger partial charge in [0.1, 0.15) is 29.0 Å². The second-order valence-electron chi connectivity index (χ2n) is 5.40. The Kier molecular flexibility index (Phi) is 5.75. The van der Waals surface area contributed by atoms with Crippen LogP contribution in [-0.4, -0.2) is 12.6 Å². The third-order valence-corrected chi connectivity index (χ3v) is 3.74. The van der Waals surface area contributed by atoms with Crippen LogP contribution < -0.4 is 5.73 Å². The third-order valence-electron chi connectivity index (χ3n) is 3.74. The zero-order valence-corrected chi connectivity index (χ0v) is 13.9. The van der Waals surface area contributed by atoms with Crippen LogP contribution >= 0.6 is 0 Å². The average molecular weight is 348 g/mol. The first-order valence-corrected chi connectivity index (χ1v) is 7.87. The van der Waals surface area contributed by atoms with E-state index in [2.05, 4.69) is 0 Å². The Labute approximate surface area is 144 Å². The van der Waals surface area contributed by atoms with Crippen molar-refractivity contribution < 1.29 is 23.0 Å². The molecule has 0 aromatic heterocycles. The normalized spacial score (nSPS) is 17.2. The van der Waals surface area contributed by atoms with E-state index in [1.54, 1.807) is 6.92 Å². The molecule has 0 bridgehead atoms. The second-order valence-corrected chi connectivity index (χ2v) is 5.40. The molecule has 1 aliphatic heterocycles. The molecule has 1 aromatic rings. The highest BCUT2D eigenvalue weighted by Crippen LogP contribution is 2.41. The molecule has 0 radical (unpaired) electrons. The van der Waals surface area contributed by atoms with E-state index in [4.69, 9.17) is 15.2 Å². The molecule has 1 atom stereocenters. The topological polar surface area (TPSA) is 85.3 Å². The van der Waals surface area contributed by atoms with Crippen molar-refractivity contribution in [1.29, 1.82) is 5.26 Å². The lowest BCUT2D eigenvalue weighted by atomic mass is 9.82. The number of hydrogen-bond acceptors (Lipinski definition) is 5. The van der Waals surface area contributed by atoms with Gasteiger partial charge >= 0.3 is 5.97 Å². The molecule has 1 aliphatic rings. The molecule has 7 heteroatoms. The highest BCUT2D eigenvalue weighted by atomic mass is 19.1. The summed E-state index contributed by atoms with van der Waals surface area (Å²) < 4.78 is 38.2. The van der Waals surface area contributed by atoms with Crippen molar-refractivity contribution in [1.82, 2.24) is 0 Å². The van der Waals surface area contributed by atoms with E-state index in [9.17, 15) is 18.8 Å². The van der Waals surface area contributed by atoms with Crippen LogP contribution in [0.5, 0.6) is 0 Å². The van der Waals surface area contributed by atoms with Gasteiger partial charge < -0.3 is 15.2 Å². The maximum Gasteiger partial charge on any atom is 0.338 e. The van der Waals surface area contributed by atoms with Gasteiger partial charge in [-0.2, -0.15) is 5.26 Å². The summed E-state index contributed by atoms with van der Waals surface area (Å²) in [6.07, 6.45) is 0.985. The SMILES string of the molecule is CCCC1=C(C(=O)OCC)C(c2ccc(F)cc2F)C(C#N)=C(N)O1. The van der Waals surface area contributed by atoms with Gasteiger partial charge in [0.2, 0.25) is 5.88 Å². The number of carbonyl (C=O) groups excluding carboxylic acids is 1. The summed E-state index contributed by atoms with van der Waals surface area (Å²) in [5.41, 5.74) is 5.66. The summed E-state index contributed by atoms with van der Waals surface area (Å²) in [5.74, 6) is -3.46. The minimum Gasteiger partial charge on any atom is -0.463 e. The van der Waals surface area contributed by atoms with Gasteiger partial charge in [-0.3, -0.25) is 0 Å². The van der Waals surface area contributed by atoms with Gasteiger partial charge in [-0.25, -0.2) is 13.6 Å². The minimum atomic E-state index is -1.11. The number of rotatable bonds is 5. The van der Waals surface area contributed by atoms with Crippen LogP contribution in [0.2, 0.25) is 0 Å². The summed E-state index contributed by atoms with van der Waals surface area (Å²) >= 11 is 0. The number of halogens is 2. The Morgan fingerprint density at radius 3 is 2.68 bits per heavy atom. The molecule has 0 saturated heterocycles. The van der Waals surface area contributed by atoms with E-state index >= 15 is 0 Å². The molecule has 1 unspecified atom stereocenters. The van der Waals surface area contributed by atoms with E-state index in [1.165, 1.54) is 6.07 Å². The summed E-state index contributed by atoms with van der Waals surface area (Å²) in [7, 11) is 0. The van der Waals surface area contributed by atoms with Crippen LogP contribution in [0.4, 0.5) is 8.78 Å². The fourth-order valence-corrected chi connectivity index (χ4v) is 2.71. The van der Waals surface area contributed by atoms with Crippen molar-refractivity contribution in [3.05, 3.63) is 58.2 Å². The number of esters is 1. The van der Waals surface area contributed by atoms with E-state index in [-0.39, 0.29) is 35.0 Å². The molecular formula is C18H18F2N2O3. The van der Waals surface area contributed by atoms with Crippen LogP contribution in [0.1, 0.15) is 38.2 Å². The van der Waals surface area contributed by atoms with Crippen molar-refractivity contribution in [2.45, 2.75) is 32.6 Å². The first kappa shape index (κ1) is 18.5. The second kappa shape index (κ2) is 7.79. The van der Waals surface area contributed by atoms with E-state index in [0.717, 1.165) is 6.07 Å². The molecule has 1 aromatic carbocycles. The van der Waals surface area contributed by atoms with Gasteiger partial charge in [0.25, 0.3) is 0 Å². The Bertz CT molecular complexity index is 794. The monoisotopic (exact) mass is 348 g/mol. The summed E-state index contributed by atoms with van der Waals surface area (Å²) in [5, 5.41) is 9.45. The van der Waals surface area contributed by atoms with E-state index < -0.39 is 23.5 Å². The lowest BCUT2D eigenvalue weighted by Gasteiger charge is -2.28. The number of nitrogens with zero attached hydrogens (tertiary/aromatic N) is 1. The highest BCUT2D eigenvalue weighted by Gasteiger charge is 2.38. The Hall–Kier alpha value is -2.88. The first-order chi connectivity index (χ1) is 11.9. The molecule has 0 aliphatic carbocycles. The molecule has 0 saturated carbocycles. The predicted molar refractivity (Wildman–Crippen MR) is 85.6 cm³/mol. The molecule has 25 heavy (non-hydrogen) atoms. The Morgan fingerprint density at radius 1 is 1.40 bits per heavy atom. The first-order valence-electron chi connectivity index (χ1n) is 7.87. The molecule has 5 nitrogen and oxygen atoms in total. The zero-order chi connectivity index (χ0) is 18.6. The third kappa shape index (κ3) is 3.63. The van der Waals surface area contributed by atoms with Crippen molar-refractivity contribution in [2.75, 3.05) is 6.61 Å². The summed E-state index contributed by atoms with van der Waals surface area (Å²) in [4.78, 5) is 12.5. The van der Waals surface area contributed by atoms with Gasteiger partial charge in [-0.15, -0.1) is 0 Å². The molecule has 1 heterocycles. The molecule has 0 fully saturated rings. The largest absolute Gasteiger partial charge is 0.463 e. The maximum atomic E-state index is 14.4. The lowest BCUT2D eigenvalue weighted by Crippen LogP contribution is -2.27. The molecule has 0 spiro atoms. The van der Waals surface area contributed by atoms with E-state index in [0.29, 0.717) is 18.9 Å². The van der Waals surface area contributed by atoms with Crippen molar-refractivity contribution in [3.8, 4) is 6.07 Å². The summed E-state index contributed by atoms with van der Waals surface area (Å²) in [6.45, 7) is 3.60. The Morgan fingerprint density at radius 2 is 2.12 bits per heavy atom. The number of allylic oxidation sites excluding steroid dienone is 2. The fraction of sp³-hybridized carbons (Fsp3) is 0.333. The maximum absolute atomic E-state index is 14.4. The fourth-order valence-electron chi connectivity index (χ4n) is 2.71. The van der Waals surface area contributed by atoms with Crippen LogP contribution in [-0.2, 0) is 14.3 Å². The van der Waals surface area contributed by atoms with Crippen molar-refractivity contribution in [2.24, 2.45) is 5.73 Å². The Balaban J connectivity index is 2.71. The highest BCUT2D eigenvalue weighted by molar-refractivity contribution is 5.92. The number of hydrogen-bond donors (Lipinski definition) is 1. The van der Waals surface area contributed by atoms with Gasteiger partial charge in [0.05, 0.1) is 18.1 Å². The quantitative estimate of drug-likeness (QED) is 0.825. The van der Waals surface area contributed by atoms with Crippen LogP contribution in [0.15, 0.2) is 41.0 Å². The van der Waals surface area contributed by atoms with Crippen LogP contribution in [0, 0.1) is 23.0 Å². The molecular weight excluding hydrogens is 330 g/mol. The number of ether oxygens (including phenoxy) is 2. The molecule has 2 rings (SSSR count).